The van der Waals surface area contributed by atoms with Gasteiger partial charge in [0, 0.05) is 24.7 Å². The summed E-state index contributed by atoms with van der Waals surface area (Å²) < 4.78 is 1.62. The number of carbonyl (C=O) groups is 1. The molecule has 6 nitrogen and oxygen atoms in total. The Kier molecular flexibility index (Phi) is 3.11. The minimum Gasteiger partial charge on any atom is -0.478 e. The molecule has 0 atom stereocenters. The normalized spacial score (nSPS) is 10.8. The van der Waals surface area contributed by atoms with Crippen molar-refractivity contribution in [2.45, 2.75) is 6.54 Å². The third-order valence-corrected chi connectivity index (χ3v) is 3.89. The van der Waals surface area contributed by atoms with E-state index in [9.17, 15) is 9.90 Å². The van der Waals surface area contributed by atoms with E-state index in [0.29, 0.717) is 23.3 Å². The van der Waals surface area contributed by atoms with Gasteiger partial charge in [-0.05, 0) is 11.4 Å². The SMILES string of the molecule is Cn1ncc2c(NCc3cccs3)c(C(=O)O)cnc21. The first-order chi connectivity index (χ1) is 9.66. The second-order valence-corrected chi connectivity index (χ2v) is 5.32. The summed E-state index contributed by atoms with van der Waals surface area (Å²) in [5, 5.41) is 19.3. The molecule has 0 fully saturated rings. The van der Waals surface area contributed by atoms with Gasteiger partial charge in [0.15, 0.2) is 5.65 Å². The number of thiophene rings is 1. The van der Waals surface area contributed by atoms with Crippen LogP contribution >= 0.6 is 11.3 Å². The summed E-state index contributed by atoms with van der Waals surface area (Å²) in [7, 11) is 1.78. The average Bonchev–Trinajstić information content (AvgIpc) is 3.06. The van der Waals surface area contributed by atoms with E-state index >= 15 is 0 Å². The van der Waals surface area contributed by atoms with Crippen LogP contribution in [0.25, 0.3) is 11.0 Å². The third kappa shape index (κ3) is 2.12. The zero-order valence-corrected chi connectivity index (χ0v) is 11.5. The van der Waals surface area contributed by atoms with Gasteiger partial charge in [0.25, 0.3) is 0 Å². The molecule has 3 aromatic heterocycles. The molecule has 3 heterocycles. The summed E-state index contributed by atoms with van der Waals surface area (Å²) in [5.74, 6) is -1.00. The summed E-state index contributed by atoms with van der Waals surface area (Å²) in [4.78, 5) is 16.6. The lowest BCUT2D eigenvalue weighted by molar-refractivity contribution is 0.0697. The van der Waals surface area contributed by atoms with Crippen molar-refractivity contribution in [1.82, 2.24) is 14.8 Å². The Labute approximate surface area is 118 Å². The van der Waals surface area contributed by atoms with Crippen LogP contribution in [-0.2, 0) is 13.6 Å². The number of fused-ring (bicyclic) bond motifs is 1. The second-order valence-electron chi connectivity index (χ2n) is 4.29. The van der Waals surface area contributed by atoms with Crippen molar-refractivity contribution >= 4 is 34.0 Å². The Morgan fingerprint density at radius 1 is 1.50 bits per heavy atom. The van der Waals surface area contributed by atoms with E-state index in [-0.39, 0.29) is 5.56 Å². The first kappa shape index (κ1) is 12.6. The van der Waals surface area contributed by atoms with Crippen molar-refractivity contribution in [1.29, 1.82) is 0 Å². The fourth-order valence-electron chi connectivity index (χ4n) is 2.04. The van der Waals surface area contributed by atoms with Crippen molar-refractivity contribution in [3.63, 3.8) is 0 Å². The Bertz CT molecular complexity index is 764. The number of aryl methyl sites for hydroxylation is 1. The highest BCUT2D eigenvalue weighted by molar-refractivity contribution is 7.09. The van der Waals surface area contributed by atoms with Crippen molar-refractivity contribution < 1.29 is 9.90 Å². The van der Waals surface area contributed by atoms with Crippen molar-refractivity contribution in [2.75, 3.05) is 5.32 Å². The molecule has 0 saturated carbocycles. The summed E-state index contributed by atoms with van der Waals surface area (Å²) >= 11 is 1.62. The van der Waals surface area contributed by atoms with Crippen LogP contribution in [0.1, 0.15) is 15.2 Å². The molecule has 3 aromatic rings. The monoisotopic (exact) mass is 288 g/mol. The molecule has 0 spiro atoms. The number of aromatic nitrogens is 3. The molecule has 0 bridgehead atoms. The smallest absolute Gasteiger partial charge is 0.339 e. The van der Waals surface area contributed by atoms with Crippen LogP contribution in [0.4, 0.5) is 5.69 Å². The number of hydrogen-bond donors (Lipinski definition) is 2. The minimum absolute atomic E-state index is 0.155. The van der Waals surface area contributed by atoms with Crippen molar-refractivity contribution in [2.24, 2.45) is 7.05 Å². The van der Waals surface area contributed by atoms with Gasteiger partial charge >= 0.3 is 5.97 Å². The number of anilines is 1. The molecule has 0 aliphatic carbocycles. The maximum atomic E-state index is 11.3. The van der Waals surface area contributed by atoms with Gasteiger partial charge in [-0.1, -0.05) is 6.07 Å². The number of nitrogens with zero attached hydrogens (tertiary/aromatic N) is 3. The van der Waals surface area contributed by atoms with Gasteiger partial charge in [0.1, 0.15) is 5.56 Å². The third-order valence-electron chi connectivity index (χ3n) is 3.01. The van der Waals surface area contributed by atoms with Gasteiger partial charge in [-0.15, -0.1) is 11.3 Å². The number of hydrogen-bond acceptors (Lipinski definition) is 5. The number of nitrogens with one attached hydrogen (secondary N) is 1. The Morgan fingerprint density at radius 2 is 2.35 bits per heavy atom. The predicted molar refractivity (Wildman–Crippen MR) is 77.1 cm³/mol. The van der Waals surface area contributed by atoms with Crippen LogP contribution < -0.4 is 5.32 Å². The first-order valence-electron chi connectivity index (χ1n) is 5.97. The molecule has 0 radical (unpaired) electrons. The van der Waals surface area contributed by atoms with Gasteiger partial charge in [-0.25, -0.2) is 9.78 Å². The average molecular weight is 288 g/mol. The quantitative estimate of drug-likeness (QED) is 0.770. The molecule has 3 rings (SSSR count). The lowest BCUT2D eigenvalue weighted by Gasteiger charge is -2.09. The Balaban J connectivity index is 2.05. The molecule has 0 aliphatic heterocycles. The van der Waals surface area contributed by atoms with E-state index in [1.807, 2.05) is 17.5 Å². The van der Waals surface area contributed by atoms with E-state index in [0.717, 1.165) is 4.88 Å². The summed E-state index contributed by atoms with van der Waals surface area (Å²) in [5.41, 5.74) is 1.37. The number of aromatic carboxylic acids is 1. The van der Waals surface area contributed by atoms with Crippen molar-refractivity contribution in [3.05, 3.63) is 40.3 Å². The molecule has 7 heteroatoms. The highest BCUT2D eigenvalue weighted by atomic mass is 32.1. The highest BCUT2D eigenvalue weighted by Gasteiger charge is 2.16. The lowest BCUT2D eigenvalue weighted by Crippen LogP contribution is -2.07. The molecular formula is C13H12N4O2S. The van der Waals surface area contributed by atoms with Gasteiger partial charge in [-0.2, -0.15) is 5.10 Å². The van der Waals surface area contributed by atoms with Gasteiger partial charge < -0.3 is 10.4 Å². The maximum Gasteiger partial charge on any atom is 0.339 e. The Morgan fingerprint density at radius 3 is 3.05 bits per heavy atom. The van der Waals surface area contributed by atoms with E-state index in [1.165, 1.54) is 6.20 Å². The highest BCUT2D eigenvalue weighted by Crippen LogP contribution is 2.26. The van der Waals surface area contributed by atoms with E-state index < -0.39 is 5.97 Å². The van der Waals surface area contributed by atoms with Gasteiger partial charge in [0.05, 0.1) is 17.3 Å². The molecule has 102 valence electrons. The summed E-state index contributed by atoms with van der Waals surface area (Å²) in [6, 6.07) is 3.96. The molecular weight excluding hydrogens is 276 g/mol. The van der Waals surface area contributed by atoms with Crippen LogP contribution in [0.3, 0.4) is 0 Å². The number of rotatable bonds is 4. The number of carboxylic acid groups (broad SMARTS) is 1. The standard InChI is InChI=1S/C13H12N4O2S/c1-17-12-9(7-16-17)11(10(6-15-12)13(18)19)14-5-8-3-2-4-20-8/h2-4,6-7H,5H2,1H3,(H,14,15)(H,18,19). The van der Waals surface area contributed by atoms with Gasteiger partial charge in [0.2, 0.25) is 0 Å². The molecule has 0 aliphatic rings. The fourth-order valence-corrected chi connectivity index (χ4v) is 2.68. The maximum absolute atomic E-state index is 11.3. The summed E-state index contributed by atoms with van der Waals surface area (Å²) in [6.07, 6.45) is 2.99. The van der Waals surface area contributed by atoms with Crippen LogP contribution in [0.2, 0.25) is 0 Å². The molecule has 0 amide bonds. The largest absolute Gasteiger partial charge is 0.478 e. The molecule has 0 unspecified atom stereocenters. The molecule has 20 heavy (non-hydrogen) atoms. The Hall–Kier alpha value is -2.41. The number of carboxylic acids is 1. The number of pyridine rings is 1. The van der Waals surface area contributed by atoms with Crippen LogP contribution in [0.5, 0.6) is 0 Å². The second kappa shape index (κ2) is 4.93. The lowest BCUT2D eigenvalue weighted by atomic mass is 10.2. The van der Waals surface area contributed by atoms with Crippen LogP contribution in [-0.4, -0.2) is 25.8 Å². The topological polar surface area (TPSA) is 80.0 Å². The van der Waals surface area contributed by atoms with E-state index in [4.69, 9.17) is 0 Å². The van der Waals surface area contributed by atoms with Crippen molar-refractivity contribution in [3.8, 4) is 0 Å². The first-order valence-corrected chi connectivity index (χ1v) is 6.85. The van der Waals surface area contributed by atoms with Crippen LogP contribution in [0.15, 0.2) is 29.9 Å². The zero-order chi connectivity index (χ0) is 14.1. The molecule has 0 saturated heterocycles. The van der Waals surface area contributed by atoms with Gasteiger partial charge in [-0.3, -0.25) is 4.68 Å². The zero-order valence-electron chi connectivity index (χ0n) is 10.7. The minimum atomic E-state index is -1.00. The van der Waals surface area contributed by atoms with E-state index in [2.05, 4.69) is 15.4 Å². The fraction of sp³-hybridized carbons (Fsp3) is 0.154. The summed E-state index contributed by atoms with van der Waals surface area (Å²) in [6.45, 7) is 0.575. The van der Waals surface area contributed by atoms with Crippen LogP contribution in [0, 0.1) is 0 Å². The molecule has 2 N–H and O–H groups in total. The molecule has 0 aromatic carbocycles. The predicted octanol–water partition coefficient (Wildman–Crippen LogP) is 2.34. The van der Waals surface area contributed by atoms with E-state index in [1.54, 1.807) is 29.3 Å².